The van der Waals surface area contributed by atoms with Gasteiger partial charge in [0.1, 0.15) is 0 Å². The predicted octanol–water partition coefficient (Wildman–Crippen LogP) is 4.09. The fourth-order valence-electron chi connectivity index (χ4n) is 2.31. The van der Waals surface area contributed by atoms with Crippen molar-refractivity contribution in [3.05, 3.63) is 68.7 Å². The SMILES string of the molecule is Cc1ccc(C)c(CC(NN)c2ccc(F)c(F)c2Br)c1. The van der Waals surface area contributed by atoms with E-state index in [4.69, 9.17) is 5.84 Å². The molecule has 0 aliphatic heterocycles. The summed E-state index contributed by atoms with van der Waals surface area (Å²) in [6, 6.07) is 8.50. The van der Waals surface area contributed by atoms with Crippen molar-refractivity contribution in [2.45, 2.75) is 26.3 Å². The van der Waals surface area contributed by atoms with Gasteiger partial charge in [0.2, 0.25) is 0 Å². The van der Waals surface area contributed by atoms with Crippen molar-refractivity contribution in [1.82, 2.24) is 5.43 Å². The summed E-state index contributed by atoms with van der Waals surface area (Å²) in [6.07, 6.45) is 0.591. The van der Waals surface area contributed by atoms with E-state index in [9.17, 15) is 8.78 Å². The first-order valence-corrected chi connectivity index (χ1v) is 7.39. The van der Waals surface area contributed by atoms with Crippen molar-refractivity contribution in [3.8, 4) is 0 Å². The second-order valence-corrected chi connectivity index (χ2v) is 5.91. The standard InChI is InChI=1S/C16H17BrF2N2/c1-9-3-4-10(2)11(7-9)8-14(21-20)12-5-6-13(18)16(19)15(12)17/h3-7,14,21H,8,20H2,1-2H3. The van der Waals surface area contributed by atoms with Gasteiger partial charge in [-0.1, -0.05) is 29.8 Å². The van der Waals surface area contributed by atoms with Crippen LogP contribution >= 0.6 is 15.9 Å². The average Bonchev–Trinajstić information content (AvgIpc) is 2.46. The monoisotopic (exact) mass is 354 g/mol. The molecule has 1 unspecified atom stereocenters. The molecule has 2 aromatic carbocycles. The average molecular weight is 355 g/mol. The summed E-state index contributed by atoms with van der Waals surface area (Å²) in [5, 5.41) is 0. The minimum Gasteiger partial charge on any atom is -0.271 e. The Balaban J connectivity index is 2.37. The summed E-state index contributed by atoms with van der Waals surface area (Å²) in [5.74, 6) is 3.83. The maximum Gasteiger partial charge on any atom is 0.173 e. The van der Waals surface area contributed by atoms with E-state index >= 15 is 0 Å². The molecule has 0 saturated heterocycles. The largest absolute Gasteiger partial charge is 0.271 e. The predicted molar refractivity (Wildman–Crippen MR) is 83.7 cm³/mol. The molecule has 0 saturated carbocycles. The first kappa shape index (κ1) is 16.1. The quantitative estimate of drug-likeness (QED) is 0.493. The number of hydrazine groups is 1. The number of rotatable bonds is 4. The second kappa shape index (κ2) is 6.64. The summed E-state index contributed by atoms with van der Waals surface area (Å²) in [7, 11) is 0. The van der Waals surface area contributed by atoms with E-state index in [-0.39, 0.29) is 10.5 Å². The van der Waals surface area contributed by atoms with Gasteiger partial charge in [-0.3, -0.25) is 11.3 Å². The van der Waals surface area contributed by atoms with Gasteiger partial charge in [-0.25, -0.2) is 8.78 Å². The van der Waals surface area contributed by atoms with Gasteiger partial charge in [0.25, 0.3) is 0 Å². The molecule has 3 N–H and O–H groups in total. The molecular formula is C16H17BrF2N2. The zero-order valence-electron chi connectivity index (χ0n) is 11.9. The Hall–Kier alpha value is -1.30. The molecule has 21 heavy (non-hydrogen) atoms. The van der Waals surface area contributed by atoms with Crippen LogP contribution in [0, 0.1) is 25.5 Å². The number of benzene rings is 2. The molecular weight excluding hydrogens is 338 g/mol. The highest BCUT2D eigenvalue weighted by molar-refractivity contribution is 9.10. The van der Waals surface area contributed by atoms with Crippen LogP contribution in [0.25, 0.3) is 0 Å². The Bertz CT molecular complexity index is 659. The molecule has 5 heteroatoms. The van der Waals surface area contributed by atoms with Crippen LogP contribution in [-0.4, -0.2) is 0 Å². The van der Waals surface area contributed by atoms with Crippen LogP contribution < -0.4 is 11.3 Å². The highest BCUT2D eigenvalue weighted by Gasteiger charge is 2.19. The van der Waals surface area contributed by atoms with Crippen molar-refractivity contribution in [2.75, 3.05) is 0 Å². The lowest BCUT2D eigenvalue weighted by Crippen LogP contribution is -2.30. The third-order valence-corrected chi connectivity index (χ3v) is 4.38. The maximum atomic E-state index is 13.7. The molecule has 0 aliphatic carbocycles. The van der Waals surface area contributed by atoms with E-state index in [1.54, 1.807) is 0 Å². The number of aryl methyl sites for hydroxylation is 2. The summed E-state index contributed by atoms with van der Waals surface area (Å²) < 4.78 is 27.0. The molecule has 0 bridgehead atoms. The van der Waals surface area contributed by atoms with E-state index in [1.807, 2.05) is 26.0 Å². The third kappa shape index (κ3) is 3.48. The van der Waals surface area contributed by atoms with Gasteiger partial charge in [0, 0.05) is 0 Å². The number of hydrogen-bond donors (Lipinski definition) is 2. The number of hydrogen-bond acceptors (Lipinski definition) is 2. The molecule has 0 fully saturated rings. The third-order valence-electron chi connectivity index (χ3n) is 3.57. The van der Waals surface area contributed by atoms with E-state index in [1.165, 1.54) is 6.07 Å². The highest BCUT2D eigenvalue weighted by atomic mass is 79.9. The summed E-state index contributed by atoms with van der Waals surface area (Å²) >= 11 is 3.11. The Labute approximate surface area is 131 Å². The molecule has 0 spiro atoms. The molecule has 0 amide bonds. The minimum absolute atomic E-state index is 0.107. The van der Waals surface area contributed by atoms with Crippen LogP contribution in [0.3, 0.4) is 0 Å². The van der Waals surface area contributed by atoms with Crippen molar-refractivity contribution in [1.29, 1.82) is 0 Å². The van der Waals surface area contributed by atoms with Crippen LogP contribution in [0.5, 0.6) is 0 Å². The van der Waals surface area contributed by atoms with Crippen LogP contribution in [0.1, 0.15) is 28.3 Å². The van der Waals surface area contributed by atoms with Gasteiger partial charge >= 0.3 is 0 Å². The summed E-state index contributed by atoms with van der Waals surface area (Å²) in [4.78, 5) is 0. The summed E-state index contributed by atoms with van der Waals surface area (Å²) in [5.41, 5.74) is 6.68. The van der Waals surface area contributed by atoms with Gasteiger partial charge in [-0.2, -0.15) is 0 Å². The van der Waals surface area contributed by atoms with Crippen molar-refractivity contribution >= 4 is 15.9 Å². The van der Waals surface area contributed by atoms with Crippen molar-refractivity contribution in [2.24, 2.45) is 5.84 Å². The molecule has 0 aliphatic rings. The highest BCUT2D eigenvalue weighted by Crippen LogP contribution is 2.30. The zero-order valence-corrected chi connectivity index (χ0v) is 13.5. The normalized spacial score (nSPS) is 12.5. The van der Waals surface area contributed by atoms with Crippen molar-refractivity contribution < 1.29 is 8.78 Å². The van der Waals surface area contributed by atoms with Gasteiger partial charge in [-0.15, -0.1) is 0 Å². The zero-order chi connectivity index (χ0) is 15.6. The van der Waals surface area contributed by atoms with E-state index in [2.05, 4.69) is 27.4 Å². The van der Waals surface area contributed by atoms with Crippen LogP contribution in [0.2, 0.25) is 0 Å². The molecule has 0 heterocycles. The fraction of sp³-hybridized carbons (Fsp3) is 0.250. The molecule has 0 radical (unpaired) electrons. The van der Waals surface area contributed by atoms with Gasteiger partial charge < -0.3 is 0 Å². The second-order valence-electron chi connectivity index (χ2n) is 5.12. The van der Waals surface area contributed by atoms with E-state index in [0.717, 1.165) is 22.8 Å². The molecule has 2 rings (SSSR count). The summed E-state index contributed by atoms with van der Waals surface area (Å²) in [6.45, 7) is 4.03. The molecule has 2 nitrogen and oxygen atoms in total. The lowest BCUT2D eigenvalue weighted by Gasteiger charge is -2.20. The molecule has 0 aromatic heterocycles. The number of nitrogens with one attached hydrogen (secondary N) is 1. The van der Waals surface area contributed by atoms with E-state index in [0.29, 0.717) is 12.0 Å². The van der Waals surface area contributed by atoms with Crippen LogP contribution in [0.4, 0.5) is 8.78 Å². The molecule has 1 atom stereocenters. The first-order chi connectivity index (χ1) is 9.93. The van der Waals surface area contributed by atoms with E-state index < -0.39 is 11.6 Å². The van der Waals surface area contributed by atoms with Crippen molar-refractivity contribution in [3.63, 3.8) is 0 Å². The van der Waals surface area contributed by atoms with Crippen LogP contribution in [-0.2, 0) is 6.42 Å². The van der Waals surface area contributed by atoms with Gasteiger partial charge in [0.05, 0.1) is 10.5 Å². The topological polar surface area (TPSA) is 38.0 Å². The Morgan fingerprint density at radius 3 is 2.57 bits per heavy atom. The fourth-order valence-corrected chi connectivity index (χ4v) is 2.91. The van der Waals surface area contributed by atoms with Gasteiger partial charge in [-0.05, 0) is 59.0 Å². The molecule has 112 valence electrons. The molecule has 2 aromatic rings. The number of nitrogens with two attached hydrogens (primary N) is 1. The smallest absolute Gasteiger partial charge is 0.173 e. The Kier molecular flexibility index (Phi) is 5.08. The Morgan fingerprint density at radius 1 is 1.19 bits per heavy atom. The maximum absolute atomic E-state index is 13.7. The van der Waals surface area contributed by atoms with Gasteiger partial charge in [0.15, 0.2) is 11.6 Å². The van der Waals surface area contributed by atoms with Crippen LogP contribution in [0.15, 0.2) is 34.8 Å². The Morgan fingerprint density at radius 2 is 1.90 bits per heavy atom. The lowest BCUT2D eigenvalue weighted by atomic mass is 9.95. The minimum atomic E-state index is -0.895. The first-order valence-electron chi connectivity index (χ1n) is 6.59. The number of halogens is 3. The lowest BCUT2D eigenvalue weighted by molar-refractivity contribution is 0.491.